The van der Waals surface area contributed by atoms with Gasteiger partial charge in [-0.25, -0.2) is 8.42 Å². The van der Waals surface area contributed by atoms with Crippen LogP contribution in [0.3, 0.4) is 0 Å². The van der Waals surface area contributed by atoms with E-state index >= 15 is 0 Å². The van der Waals surface area contributed by atoms with Gasteiger partial charge in [-0.15, -0.1) is 11.8 Å². The topological polar surface area (TPSA) is 34.1 Å². The van der Waals surface area contributed by atoms with Crippen molar-refractivity contribution < 1.29 is 8.42 Å². The van der Waals surface area contributed by atoms with Crippen LogP contribution in [0.1, 0.15) is 13.8 Å². The van der Waals surface area contributed by atoms with Crippen molar-refractivity contribution in [2.24, 2.45) is 0 Å². The zero-order valence-electron chi connectivity index (χ0n) is 6.05. The largest absolute Gasteiger partial charge is 0.223 e. The molecule has 0 spiro atoms. The van der Waals surface area contributed by atoms with E-state index in [0.717, 1.165) is 11.3 Å². The molecule has 4 heteroatoms. The second kappa shape index (κ2) is 2.58. The Labute approximate surface area is 65.6 Å². The van der Waals surface area contributed by atoms with E-state index < -0.39 is 9.84 Å². The number of hydrogen-bond acceptors (Lipinski definition) is 3. The number of sulfone groups is 1. The first-order chi connectivity index (χ1) is 4.54. The molecule has 0 aromatic rings. The Bertz CT molecular complexity index is 257. The number of rotatable bonds is 0. The lowest BCUT2D eigenvalue weighted by atomic mass is 10.4. The Morgan fingerprint density at radius 1 is 1.50 bits per heavy atom. The van der Waals surface area contributed by atoms with Crippen molar-refractivity contribution in [1.29, 1.82) is 0 Å². The highest BCUT2D eigenvalue weighted by Gasteiger charge is 2.25. The second-order valence-corrected chi connectivity index (χ2v) is 5.86. The molecule has 0 aromatic heterocycles. The summed E-state index contributed by atoms with van der Waals surface area (Å²) in [6.07, 6.45) is 0. The minimum Gasteiger partial charge on any atom is -0.223 e. The second-order valence-electron chi connectivity index (χ2n) is 2.45. The molecule has 0 radical (unpaired) electrons. The molecule has 1 heterocycles. The highest BCUT2D eigenvalue weighted by atomic mass is 32.3. The molecule has 0 aliphatic carbocycles. The van der Waals surface area contributed by atoms with Gasteiger partial charge >= 0.3 is 0 Å². The van der Waals surface area contributed by atoms with Crippen LogP contribution in [0.2, 0.25) is 0 Å². The lowest BCUT2D eigenvalue weighted by molar-refractivity contribution is 0.606. The summed E-state index contributed by atoms with van der Waals surface area (Å²) >= 11 is 1.45. The third-order valence-corrected chi connectivity index (χ3v) is 5.44. The Hall–Kier alpha value is 0.0400. The summed E-state index contributed by atoms with van der Waals surface area (Å²) in [6, 6.07) is 0. The van der Waals surface area contributed by atoms with Crippen LogP contribution in [-0.4, -0.2) is 19.9 Å². The van der Waals surface area contributed by atoms with Gasteiger partial charge in [0.25, 0.3) is 0 Å². The molecular weight excluding hydrogens is 168 g/mol. The quantitative estimate of drug-likeness (QED) is 0.562. The molecule has 1 saturated heterocycles. The van der Waals surface area contributed by atoms with Crippen LogP contribution in [0, 0.1) is 0 Å². The molecule has 2 nitrogen and oxygen atoms in total. The smallest absolute Gasteiger partial charge is 0.185 e. The van der Waals surface area contributed by atoms with Crippen LogP contribution in [0.25, 0.3) is 0 Å². The van der Waals surface area contributed by atoms with Gasteiger partial charge in [-0.3, -0.25) is 0 Å². The Morgan fingerprint density at radius 2 is 2.10 bits per heavy atom. The van der Waals surface area contributed by atoms with Crippen molar-refractivity contribution in [2.75, 3.05) is 11.5 Å². The predicted molar refractivity (Wildman–Crippen MR) is 44.6 cm³/mol. The fourth-order valence-electron chi connectivity index (χ4n) is 0.882. The van der Waals surface area contributed by atoms with E-state index in [0.29, 0.717) is 9.99 Å². The Morgan fingerprint density at radius 3 is 2.30 bits per heavy atom. The lowest BCUT2D eigenvalue weighted by Gasteiger charge is -1.96. The minimum absolute atomic E-state index is 0.318. The summed E-state index contributed by atoms with van der Waals surface area (Å²) < 4.78 is 22.8. The molecule has 0 unspecified atom stereocenters. The van der Waals surface area contributed by atoms with Crippen LogP contribution < -0.4 is 0 Å². The maximum absolute atomic E-state index is 11.1. The average molecular weight is 178 g/mol. The first kappa shape index (κ1) is 8.14. The highest BCUT2D eigenvalue weighted by Crippen LogP contribution is 2.32. The van der Waals surface area contributed by atoms with Crippen LogP contribution >= 0.6 is 11.8 Å². The van der Waals surface area contributed by atoms with E-state index in [4.69, 9.17) is 0 Å². The van der Waals surface area contributed by atoms with Crippen LogP contribution in [0.5, 0.6) is 0 Å². The SMILES string of the molecule is CC(C)=C1SCCS1(=O)=O. The molecular formula is C6H10O2S2. The van der Waals surface area contributed by atoms with E-state index in [1.54, 1.807) is 0 Å². The highest BCUT2D eigenvalue weighted by molar-refractivity contribution is 8.21. The number of hydrogen-bond donors (Lipinski definition) is 0. The lowest BCUT2D eigenvalue weighted by Crippen LogP contribution is -2.00. The normalized spacial score (nSPS) is 23.2. The standard InChI is InChI=1S/C6H10O2S2/c1-5(2)6-9-3-4-10(6,7)8/h3-4H2,1-2H3. The molecule has 1 fully saturated rings. The molecule has 1 aliphatic heterocycles. The molecule has 1 aliphatic rings. The predicted octanol–water partition coefficient (Wildman–Crippen LogP) is 1.40. The molecule has 0 amide bonds. The van der Waals surface area contributed by atoms with E-state index in [9.17, 15) is 8.42 Å². The van der Waals surface area contributed by atoms with E-state index in [2.05, 4.69) is 0 Å². The molecule has 10 heavy (non-hydrogen) atoms. The molecule has 58 valence electrons. The first-order valence-corrected chi connectivity index (χ1v) is 5.71. The Kier molecular flexibility index (Phi) is 2.10. The molecule has 0 saturated carbocycles. The van der Waals surface area contributed by atoms with Gasteiger partial charge in [-0.05, 0) is 13.8 Å². The Balaban J connectivity index is 3.14. The summed E-state index contributed by atoms with van der Waals surface area (Å²) in [5.41, 5.74) is 0.919. The van der Waals surface area contributed by atoms with Gasteiger partial charge < -0.3 is 0 Å². The van der Waals surface area contributed by atoms with Gasteiger partial charge in [0.1, 0.15) is 0 Å². The molecule has 1 rings (SSSR count). The zero-order valence-corrected chi connectivity index (χ0v) is 7.68. The summed E-state index contributed by atoms with van der Waals surface area (Å²) in [7, 11) is -2.84. The van der Waals surface area contributed by atoms with Crippen molar-refractivity contribution in [2.45, 2.75) is 13.8 Å². The monoisotopic (exact) mass is 178 g/mol. The van der Waals surface area contributed by atoms with E-state index in [1.165, 1.54) is 11.8 Å². The van der Waals surface area contributed by atoms with Crippen molar-refractivity contribution in [3.8, 4) is 0 Å². The minimum atomic E-state index is -2.84. The molecule has 0 bridgehead atoms. The van der Waals surface area contributed by atoms with Gasteiger partial charge in [-0.2, -0.15) is 0 Å². The summed E-state index contributed by atoms with van der Waals surface area (Å²) in [5, 5.41) is 0. The van der Waals surface area contributed by atoms with Gasteiger partial charge in [0, 0.05) is 5.75 Å². The van der Waals surface area contributed by atoms with Gasteiger partial charge in [0.2, 0.25) is 0 Å². The number of allylic oxidation sites excluding steroid dienone is 1. The van der Waals surface area contributed by atoms with Crippen molar-refractivity contribution in [1.82, 2.24) is 0 Å². The van der Waals surface area contributed by atoms with Gasteiger partial charge in [0.15, 0.2) is 9.84 Å². The van der Waals surface area contributed by atoms with Crippen LogP contribution in [0.4, 0.5) is 0 Å². The van der Waals surface area contributed by atoms with E-state index in [1.807, 2.05) is 13.8 Å². The zero-order chi connectivity index (χ0) is 7.78. The average Bonchev–Trinajstić information content (AvgIpc) is 2.08. The third-order valence-electron chi connectivity index (χ3n) is 1.28. The number of thioether (sulfide) groups is 1. The molecule has 0 aromatic carbocycles. The van der Waals surface area contributed by atoms with Crippen LogP contribution in [0.15, 0.2) is 9.81 Å². The fourth-order valence-corrected chi connectivity index (χ4v) is 4.59. The van der Waals surface area contributed by atoms with Gasteiger partial charge in [0.05, 0.1) is 9.99 Å². The van der Waals surface area contributed by atoms with Crippen LogP contribution in [-0.2, 0) is 9.84 Å². The molecule has 0 N–H and O–H groups in total. The first-order valence-electron chi connectivity index (χ1n) is 3.07. The van der Waals surface area contributed by atoms with Crippen molar-refractivity contribution >= 4 is 21.6 Å². The molecule has 0 atom stereocenters. The summed E-state index contributed by atoms with van der Waals surface area (Å²) in [5.74, 6) is 1.04. The fraction of sp³-hybridized carbons (Fsp3) is 0.667. The maximum Gasteiger partial charge on any atom is 0.185 e. The summed E-state index contributed by atoms with van der Waals surface area (Å²) in [6.45, 7) is 3.68. The van der Waals surface area contributed by atoms with Gasteiger partial charge in [-0.1, -0.05) is 5.57 Å². The van der Waals surface area contributed by atoms with E-state index in [-0.39, 0.29) is 0 Å². The third kappa shape index (κ3) is 1.37. The van der Waals surface area contributed by atoms with Crippen molar-refractivity contribution in [3.05, 3.63) is 9.81 Å². The van der Waals surface area contributed by atoms with Crippen molar-refractivity contribution in [3.63, 3.8) is 0 Å². The maximum atomic E-state index is 11.1. The summed E-state index contributed by atoms with van der Waals surface area (Å²) in [4.78, 5) is 0.